The molecule has 1 atom stereocenters. The van der Waals surface area contributed by atoms with E-state index >= 15 is 0 Å². The quantitative estimate of drug-likeness (QED) is 0.763. The molecule has 3 rings (SSSR count). The Morgan fingerprint density at radius 1 is 1.08 bits per heavy atom. The summed E-state index contributed by atoms with van der Waals surface area (Å²) in [6, 6.07) is 9.60. The molecule has 1 heterocycles. The zero-order chi connectivity index (χ0) is 18.4. The van der Waals surface area contributed by atoms with Crippen molar-refractivity contribution >= 4 is 5.78 Å². The van der Waals surface area contributed by atoms with Gasteiger partial charge in [0.05, 0.1) is 6.54 Å². The summed E-state index contributed by atoms with van der Waals surface area (Å²) < 4.78 is 0. The van der Waals surface area contributed by atoms with Crippen molar-refractivity contribution < 1.29 is 9.90 Å². The van der Waals surface area contributed by atoms with Gasteiger partial charge in [-0.05, 0) is 24.3 Å². The lowest BCUT2D eigenvalue weighted by atomic mass is 9.71. The lowest BCUT2D eigenvalue weighted by Crippen LogP contribution is -2.53. The number of ketones is 1. The minimum absolute atomic E-state index is 0.0345. The number of rotatable bonds is 7. The number of aliphatic hydroxyl groups is 1. The summed E-state index contributed by atoms with van der Waals surface area (Å²) in [4.78, 5) is 17.9. The molecule has 1 aliphatic heterocycles. The van der Waals surface area contributed by atoms with Gasteiger partial charge in [0.15, 0.2) is 11.4 Å². The first-order valence-electron chi connectivity index (χ1n) is 10.0. The van der Waals surface area contributed by atoms with E-state index in [0.29, 0.717) is 6.54 Å². The Morgan fingerprint density at radius 3 is 2.31 bits per heavy atom. The second-order valence-electron chi connectivity index (χ2n) is 7.76. The number of hydrogen-bond donors (Lipinski definition) is 1. The van der Waals surface area contributed by atoms with E-state index in [1.807, 2.05) is 36.4 Å². The normalized spacial score (nSPS) is 22.7. The lowest BCUT2D eigenvalue weighted by molar-refractivity contribution is -0.148. The molecular formula is C22H32N2O2. The van der Waals surface area contributed by atoms with Crippen molar-refractivity contribution in [1.82, 2.24) is 9.80 Å². The topological polar surface area (TPSA) is 43.8 Å². The van der Waals surface area contributed by atoms with Crippen molar-refractivity contribution in [2.45, 2.75) is 37.7 Å². The summed E-state index contributed by atoms with van der Waals surface area (Å²) in [5.74, 6) is 0.000903. The van der Waals surface area contributed by atoms with Gasteiger partial charge in [0.1, 0.15) is 0 Å². The summed E-state index contributed by atoms with van der Waals surface area (Å²) >= 11 is 0. The zero-order valence-corrected chi connectivity index (χ0v) is 15.8. The van der Waals surface area contributed by atoms with Gasteiger partial charge in [0.25, 0.3) is 0 Å². The highest BCUT2D eigenvalue weighted by Gasteiger charge is 2.45. The highest BCUT2D eigenvalue weighted by molar-refractivity contribution is 5.90. The van der Waals surface area contributed by atoms with Crippen LogP contribution in [0.3, 0.4) is 0 Å². The SMILES string of the molecule is C=CCN1CCN(CC(=O)C(O)(c2ccccc2)C2CCCCC2)CC1. The predicted octanol–water partition coefficient (Wildman–Crippen LogP) is 2.83. The molecule has 0 radical (unpaired) electrons. The summed E-state index contributed by atoms with van der Waals surface area (Å²) in [5, 5.41) is 11.6. The minimum Gasteiger partial charge on any atom is -0.377 e. The van der Waals surface area contributed by atoms with Crippen LogP contribution in [0, 0.1) is 5.92 Å². The van der Waals surface area contributed by atoms with E-state index in [2.05, 4.69) is 16.4 Å². The third kappa shape index (κ3) is 4.25. The molecule has 2 fully saturated rings. The zero-order valence-electron chi connectivity index (χ0n) is 15.8. The first kappa shape index (κ1) is 19.3. The number of carbonyl (C=O) groups excluding carboxylic acids is 1. The molecule has 2 aliphatic rings. The molecule has 1 N–H and O–H groups in total. The second-order valence-corrected chi connectivity index (χ2v) is 7.76. The van der Waals surface area contributed by atoms with Crippen molar-refractivity contribution in [1.29, 1.82) is 0 Å². The van der Waals surface area contributed by atoms with Crippen LogP contribution in [-0.2, 0) is 10.4 Å². The number of nitrogens with zero attached hydrogens (tertiary/aromatic N) is 2. The van der Waals surface area contributed by atoms with Crippen LogP contribution in [0.25, 0.3) is 0 Å². The number of hydrogen-bond acceptors (Lipinski definition) is 4. The van der Waals surface area contributed by atoms with Gasteiger partial charge < -0.3 is 5.11 Å². The van der Waals surface area contributed by atoms with Crippen LogP contribution in [0.5, 0.6) is 0 Å². The largest absolute Gasteiger partial charge is 0.377 e. The monoisotopic (exact) mass is 356 g/mol. The van der Waals surface area contributed by atoms with Crippen LogP contribution in [0.2, 0.25) is 0 Å². The minimum atomic E-state index is -1.35. The van der Waals surface area contributed by atoms with E-state index in [-0.39, 0.29) is 11.7 Å². The van der Waals surface area contributed by atoms with Crippen molar-refractivity contribution in [3.63, 3.8) is 0 Å². The van der Waals surface area contributed by atoms with Crippen LogP contribution in [-0.4, -0.2) is 60.0 Å². The number of Topliss-reactive ketones (excluding diaryl/α,β-unsaturated/α-hetero) is 1. The third-order valence-corrected chi connectivity index (χ3v) is 6.05. The van der Waals surface area contributed by atoms with Gasteiger partial charge in [-0.3, -0.25) is 14.6 Å². The van der Waals surface area contributed by atoms with E-state index in [1.54, 1.807) is 0 Å². The molecule has 26 heavy (non-hydrogen) atoms. The van der Waals surface area contributed by atoms with Gasteiger partial charge in [-0.2, -0.15) is 0 Å². The van der Waals surface area contributed by atoms with Crippen LogP contribution in [0.1, 0.15) is 37.7 Å². The Balaban J connectivity index is 1.72. The molecule has 0 aromatic heterocycles. The predicted molar refractivity (Wildman–Crippen MR) is 105 cm³/mol. The van der Waals surface area contributed by atoms with E-state index in [4.69, 9.17) is 0 Å². The standard InChI is InChI=1S/C22H32N2O2/c1-2-13-23-14-16-24(17-15-23)18-21(25)22(26,19-9-5-3-6-10-19)20-11-7-4-8-12-20/h2-3,5-6,9-10,20,26H,1,4,7-8,11-18H2. The van der Waals surface area contributed by atoms with Crippen LogP contribution >= 0.6 is 0 Å². The van der Waals surface area contributed by atoms with Gasteiger partial charge >= 0.3 is 0 Å². The molecule has 1 saturated heterocycles. The second kappa shape index (κ2) is 8.94. The average Bonchev–Trinajstić information content (AvgIpc) is 2.70. The number of carbonyl (C=O) groups is 1. The Kier molecular flexibility index (Phi) is 6.63. The van der Waals surface area contributed by atoms with Gasteiger partial charge in [0, 0.05) is 32.7 Å². The molecule has 0 amide bonds. The van der Waals surface area contributed by atoms with E-state index in [9.17, 15) is 9.90 Å². The summed E-state index contributed by atoms with van der Waals surface area (Å²) in [6.45, 7) is 8.68. The van der Waals surface area contributed by atoms with E-state index < -0.39 is 5.60 Å². The fourth-order valence-corrected chi connectivity index (χ4v) is 4.47. The molecule has 4 heteroatoms. The maximum absolute atomic E-state index is 13.3. The average molecular weight is 357 g/mol. The number of benzene rings is 1. The van der Waals surface area contributed by atoms with Crippen molar-refractivity contribution in [3.05, 3.63) is 48.6 Å². The maximum Gasteiger partial charge on any atom is 0.183 e. The Morgan fingerprint density at radius 2 is 1.69 bits per heavy atom. The van der Waals surface area contributed by atoms with Crippen molar-refractivity contribution in [3.8, 4) is 0 Å². The van der Waals surface area contributed by atoms with Crippen LogP contribution < -0.4 is 0 Å². The van der Waals surface area contributed by atoms with Gasteiger partial charge in [-0.1, -0.05) is 55.7 Å². The van der Waals surface area contributed by atoms with Crippen LogP contribution in [0.15, 0.2) is 43.0 Å². The molecule has 1 aromatic rings. The van der Waals surface area contributed by atoms with Crippen molar-refractivity contribution in [2.24, 2.45) is 5.92 Å². The molecule has 142 valence electrons. The van der Waals surface area contributed by atoms with Gasteiger partial charge in [-0.25, -0.2) is 0 Å². The summed E-state index contributed by atoms with van der Waals surface area (Å²) in [5.41, 5.74) is -0.581. The Bertz CT molecular complexity index is 589. The molecule has 1 unspecified atom stereocenters. The van der Waals surface area contributed by atoms with E-state index in [1.165, 1.54) is 6.42 Å². The van der Waals surface area contributed by atoms with Gasteiger partial charge in [-0.15, -0.1) is 6.58 Å². The highest BCUT2D eigenvalue weighted by atomic mass is 16.3. The molecule has 0 bridgehead atoms. The van der Waals surface area contributed by atoms with Crippen LogP contribution in [0.4, 0.5) is 0 Å². The Hall–Kier alpha value is -1.49. The number of piperazine rings is 1. The molecular weight excluding hydrogens is 324 g/mol. The third-order valence-electron chi connectivity index (χ3n) is 6.05. The van der Waals surface area contributed by atoms with Crippen molar-refractivity contribution in [2.75, 3.05) is 39.3 Å². The smallest absolute Gasteiger partial charge is 0.183 e. The summed E-state index contributed by atoms with van der Waals surface area (Å²) in [6.07, 6.45) is 7.22. The molecule has 1 aliphatic carbocycles. The maximum atomic E-state index is 13.3. The summed E-state index contributed by atoms with van der Waals surface area (Å²) in [7, 11) is 0. The van der Waals surface area contributed by atoms with Gasteiger partial charge in [0.2, 0.25) is 0 Å². The van der Waals surface area contributed by atoms with E-state index in [0.717, 1.165) is 64.0 Å². The fourth-order valence-electron chi connectivity index (χ4n) is 4.47. The molecule has 1 aromatic carbocycles. The molecule has 0 spiro atoms. The Labute approximate surface area is 157 Å². The fraction of sp³-hybridized carbons (Fsp3) is 0.591. The highest BCUT2D eigenvalue weighted by Crippen LogP contribution is 2.40. The first-order chi connectivity index (χ1) is 12.6. The molecule has 1 saturated carbocycles. The first-order valence-corrected chi connectivity index (χ1v) is 10.0. The molecule has 4 nitrogen and oxygen atoms in total. The lowest BCUT2D eigenvalue weighted by Gasteiger charge is -2.40.